The van der Waals surface area contributed by atoms with Gasteiger partial charge in [-0.1, -0.05) is 12.8 Å². The fourth-order valence-corrected chi connectivity index (χ4v) is 2.52. The second-order valence-corrected chi connectivity index (χ2v) is 5.87. The first-order valence-electron chi connectivity index (χ1n) is 7.81. The molecule has 1 aromatic rings. The molecule has 0 radical (unpaired) electrons. The van der Waals surface area contributed by atoms with Gasteiger partial charge in [0.1, 0.15) is 5.69 Å². The Kier molecular flexibility index (Phi) is 5.99. The van der Waals surface area contributed by atoms with Gasteiger partial charge in [0.25, 0.3) is 5.91 Å². The summed E-state index contributed by atoms with van der Waals surface area (Å²) in [5.74, 6) is 0.0631. The van der Waals surface area contributed by atoms with E-state index in [4.69, 9.17) is 0 Å². The highest BCUT2D eigenvalue weighted by atomic mass is 16.2. The Bertz CT molecular complexity index is 453. The molecule has 2 rings (SSSR count). The number of hydrogen-bond acceptors (Lipinski definition) is 4. The number of aromatic nitrogens is 1. The normalized spacial score (nSPS) is 15.9. The second kappa shape index (κ2) is 7.98. The predicted octanol–water partition coefficient (Wildman–Crippen LogP) is 2.07. The quantitative estimate of drug-likeness (QED) is 0.902. The lowest BCUT2D eigenvalue weighted by Crippen LogP contribution is -2.32. The van der Waals surface area contributed by atoms with E-state index in [1.54, 1.807) is 6.20 Å². The maximum absolute atomic E-state index is 12.5. The molecule has 116 valence electrons. The van der Waals surface area contributed by atoms with Gasteiger partial charge in [0.15, 0.2) is 0 Å². The first-order valence-corrected chi connectivity index (χ1v) is 7.81. The second-order valence-electron chi connectivity index (χ2n) is 5.87. The van der Waals surface area contributed by atoms with E-state index in [2.05, 4.69) is 15.2 Å². The third-order valence-corrected chi connectivity index (χ3v) is 3.76. The summed E-state index contributed by atoms with van der Waals surface area (Å²) in [4.78, 5) is 20.8. The number of pyridine rings is 1. The number of hydrogen-bond donors (Lipinski definition) is 1. The summed E-state index contributed by atoms with van der Waals surface area (Å²) in [7, 11) is 4.09. The molecule has 0 aliphatic carbocycles. The molecular formula is C16H26N4O. The van der Waals surface area contributed by atoms with E-state index in [0.29, 0.717) is 5.69 Å². The lowest BCUT2D eigenvalue weighted by molar-refractivity contribution is 0.0756. The van der Waals surface area contributed by atoms with E-state index in [9.17, 15) is 4.79 Å². The van der Waals surface area contributed by atoms with Crippen molar-refractivity contribution < 1.29 is 4.79 Å². The Hall–Kier alpha value is -1.62. The Morgan fingerprint density at radius 1 is 1.29 bits per heavy atom. The molecule has 0 spiro atoms. The van der Waals surface area contributed by atoms with E-state index >= 15 is 0 Å². The van der Waals surface area contributed by atoms with Crippen LogP contribution in [0.2, 0.25) is 0 Å². The van der Waals surface area contributed by atoms with Crippen LogP contribution in [-0.4, -0.2) is 61.0 Å². The van der Waals surface area contributed by atoms with E-state index in [-0.39, 0.29) is 5.91 Å². The lowest BCUT2D eigenvalue weighted by Gasteiger charge is -2.20. The van der Waals surface area contributed by atoms with Crippen LogP contribution in [0.15, 0.2) is 18.3 Å². The van der Waals surface area contributed by atoms with Crippen molar-refractivity contribution >= 4 is 11.6 Å². The van der Waals surface area contributed by atoms with Gasteiger partial charge in [-0.25, -0.2) is 0 Å². The van der Waals surface area contributed by atoms with E-state index in [1.165, 1.54) is 12.8 Å². The van der Waals surface area contributed by atoms with Crippen molar-refractivity contribution in [1.29, 1.82) is 0 Å². The van der Waals surface area contributed by atoms with Crippen LogP contribution in [0.25, 0.3) is 0 Å². The molecule has 1 fully saturated rings. The van der Waals surface area contributed by atoms with Crippen LogP contribution in [0.5, 0.6) is 0 Å². The number of anilines is 1. The molecule has 1 aliphatic heterocycles. The Morgan fingerprint density at radius 2 is 2.00 bits per heavy atom. The molecular weight excluding hydrogens is 264 g/mol. The van der Waals surface area contributed by atoms with E-state index in [0.717, 1.165) is 44.7 Å². The molecule has 0 bridgehead atoms. The number of carbonyl (C=O) groups excluding carboxylic acids is 1. The molecule has 0 atom stereocenters. The SMILES string of the molecule is CN(C)CCNc1ccnc(C(=O)N2CCCCCC2)c1. The van der Waals surface area contributed by atoms with Crippen molar-refractivity contribution in [2.75, 3.05) is 45.6 Å². The predicted molar refractivity (Wildman–Crippen MR) is 85.7 cm³/mol. The van der Waals surface area contributed by atoms with Gasteiger partial charge in [0.05, 0.1) is 0 Å². The molecule has 0 aromatic carbocycles. The average molecular weight is 290 g/mol. The minimum atomic E-state index is 0.0631. The maximum atomic E-state index is 12.5. The van der Waals surface area contributed by atoms with Crippen LogP contribution in [0.1, 0.15) is 36.2 Å². The first kappa shape index (κ1) is 15.8. The van der Waals surface area contributed by atoms with E-state index < -0.39 is 0 Å². The van der Waals surface area contributed by atoms with Gasteiger partial charge in [0.2, 0.25) is 0 Å². The van der Waals surface area contributed by atoms with Crippen molar-refractivity contribution in [2.24, 2.45) is 0 Å². The number of likely N-dealkylation sites (N-methyl/N-ethyl adjacent to an activating group) is 1. The van der Waals surface area contributed by atoms with Crippen LogP contribution < -0.4 is 5.32 Å². The zero-order valence-electron chi connectivity index (χ0n) is 13.1. The third-order valence-electron chi connectivity index (χ3n) is 3.76. The molecule has 0 unspecified atom stereocenters. The molecule has 1 saturated heterocycles. The molecule has 5 heteroatoms. The monoisotopic (exact) mass is 290 g/mol. The van der Waals surface area contributed by atoms with Crippen LogP contribution in [0.3, 0.4) is 0 Å². The summed E-state index contributed by atoms with van der Waals surface area (Å²) < 4.78 is 0. The van der Waals surface area contributed by atoms with E-state index in [1.807, 2.05) is 31.1 Å². The number of amides is 1. The van der Waals surface area contributed by atoms with Crippen molar-refractivity contribution in [2.45, 2.75) is 25.7 Å². The average Bonchev–Trinajstić information content (AvgIpc) is 2.75. The summed E-state index contributed by atoms with van der Waals surface area (Å²) in [6.07, 6.45) is 6.37. The van der Waals surface area contributed by atoms with Crippen molar-refractivity contribution in [1.82, 2.24) is 14.8 Å². The highest BCUT2D eigenvalue weighted by Crippen LogP contribution is 2.14. The number of nitrogens with zero attached hydrogens (tertiary/aromatic N) is 3. The number of likely N-dealkylation sites (tertiary alicyclic amines) is 1. The van der Waals surface area contributed by atoms with Crippen LogP contribution in [0, 0.1) is 0 Å². The fourth-order valence-electron chi connectivity index (χ4n) is 2.52. The summed E-state index contributed by atoms with van der Waals surface area (Å²) in [5, 5.41) is 3.33. The fraction of sp³-hybridized carbons (Fsp3) is 0.625. The molecule has 1 aromatic heterocycles. The van der Waals surface area contributed by atoms with Crippen LogP contribution in [-0.2, 0) is 0 Å². The van der Waals surface area contributed by atoms with Gasteiger partial charge >= 0.3 is 0 Å². The Labute approximate surface area is 127 Å². The molecule has 0 saturated carbocycles. The minimum absolute atomic E-state index is 0.0631. The minimum Gasteiger partial charge on any atom is -0.384 e. The highest BCUT2D eigenvalue weighted by Gasteiger charge is 2.18. The lowest BCUT2D eigenvalue weighted by atomic mass is 10.2. The summed E-state index contributed by atoms with van der Waals surface area (Å²) in [6, 6.07) is 3.78. The zero-order chi connectivity index (χ0) is 15.1. The Morgan fingerprint density at radius 3 is 2.67 bits per heavy atom. The molecule has 21 heavy (non-hydrogen) atoms. The first-order chi connectivity index (χ1) is 10.2. The van der Waals surface area contributed by atoms with Gasteiger partial charge in [-0.2, -0.15) is 0 Å². The number of nitrogens with one attached hydrogen (secondary N) is 1. The summed E-state index contributed by atoms with van der Waals surface area (Å²) in [6.45, 7) is 3.53. The molecule has 1 N–H and O–H groups in total. The number of rotatable bonds is 5. The van der Waals surface area contributed by atoms with Crippen LogP contribution >= 0.6 is 0 Å². The summed E-state index contributed by atoms with van der Waals surface area (Å²) in [5.41, 5.74) is 1.51. The third kappa shape index (κ3) is 5.01. The van der Waals surface area contributed by atoms with Crippen molar-refractivity contribution in [3.63, 3.8) is 0 Å². The van der Waals surface area contributed by atoms with Gasteiger partial charge in [0, 0.05) is 38.1 Å². The highest BCUT2D eigenvalue weighted by molar-refractivity contribution is 5.93. The molecule has 2 heterocycles. The standard InChI is InChI=1S/C16H26N4O/c1-19(2)12-9-17-14-7-8-18-15(13-14)16(21)20-10-5-3-4-6-11-20/h7-8,13H,3-6,9-12H2,1-2H3,(H,17,18). The maximum Gasteiger partial charge on any atom is 0.272 e. The number of carbonyl (C=O) groups is 1. The van der Waals surface area contributed by atoms with Crippen molar-refractivity contribution in [3.05, 3.63) is 24.0 Å². The van der Waals surface area contributed by atoms with Gasteiger partial charge < -0.3 is 15.1 Å². The van der Waals surface area contributed by atoms with Crippen LogP contribution in [0.4, 0.5) is 5.69 Å². The van der Waals surface area contributed by atoms with Gasteiger partial charge in [-0.15, -0.1) is 0 Å². The van der Waals surface area contributed by atoms with Crippen molar-refractivity contribution in [3.8, 4) is 0 Å². The zero-order valence-corrected chi connectivity index (χ0v) is 13.1. The smallest absolute Gasteiger partial charge is 0.272 e. The molecule has 1 amide bonds. The van der Waals surface area contributed by atoms with Gasteiger partial charge in [-0.05, 0) is 39.1 Å². The molecule has 5 nitrogen and oxygen atoms in total. The largest absolute Gasteiger partial charge is 0.384 e. The Balaban J connectivity index is 1.97. The summed E-state index contributed by atoms with van der Waals surface area (Å²) >= 11 is 0. The van der Waals surface area contributed by atoms with Gasteiger partial charge in [-0.3, -0.25) is 9.78 Å². The molecule has 1 aliphatic rings. The topological polar surface area (TPSA) is 48.5 Å².